The van der Waals surface area contributed by atoms with E-state index in [1.54, 1.807) is 0 Å². The minimum atomic E-state index is 0.867. The molecule has 2 N–H and O–H groups in total. The van der Waals surface area contributed by atoms with E-state index in [9.17, 15) is 0 Å². The molecule has 0 fully saturated rings. The molecule has 0 rings (SSSR count). The van der Waals surface area contributed by atoms with Crippen LogP contribution in [0, 0.1) is 0 Å². The topological polar surface area (TPSA) is 43.1 Å². The summed E-state index contributed by atoms with van der Waals surface area (Å²) in [5.74, 6) is 1.25. The highest BCUT2D eigenvalue weighted by Gasteiger charge is 1.85. The molecule has 0 amide bonds. The molecule has 0 spiro atoms. The molecule has 0 radical (unpaired) electrons. The molecule has 0 aliphatic heterocycles. The highest BCUT2D eigenvalue weighted by molar-refractivity contribution is 5.38. The maximum absolute atomic E-state index is 8.57. The van der Waals surface area contributed by atoms with E-state index in [-0.39, 0.29) is 0 Å². The summed E-state index contributed by atoms with van der Waals surface area (Å²) in [6, 6.07) is 0. The van der Waals surface area contributed by atoms with Gasteiger partial charge in [0.25, 0.3) is 0 Å². The fourth-order valence-corrected chi connectivity index (χ4v) is 0.925. The van der Waals surface area contributed by atoms with Crippen molar-refractivity contribution < 1.29 is 4.79 Å². The van der Waals surface area contributed by atoms with E-state index in [2.05, 4.69) is 13.5 Å². The van der Waals surface area contributed by atoms with Crippen LogP contribution in [-0.2, 0) is 4.79 Å². The van der Waals surface area contributed by atoms with Crippen LogP contribution in [0.4, 0.5) is 0 Å². The van der Waals surface area contributed by atoms with Crippen molar-refractivity contribution >= 4 is 5.94 Å². The summed E-state index contributed by atoms with van der Waals surface area (Å²) in [4.78, 5) is 8.57. The number of hydrogen-bond donors (Lipinski definition) is 1. The molecule has 0 saturated carbocycles. The standard InChI is InChI=1S/C8H19N.C2H2O/c1-2-3-4-5-6-7-8-9;1-2-3/h2-9H2,1H3;1H2. The molecule has 0 heterocycles. The largest absolute Gasteiger partial charge is 0.330 e. The first-order chi connectivity index (χ1) is 5.83. The maximum atomic E-state index is 8.57. The lowest BCUT2D eigenvalue weighted by molar-refractivity contribution is 0.569. The third kappa shape index (κ3) is 22.7. The molecule has 0 aliphatic rings. The second-order valence-electron chi connectivity index (χ2n) is 2.70. The van der Waals surface area contributed by atoms with Gasteiger partial charge in [-0.2, -0.15) is 0 Å². The Labute approximate surface area is 75.8 Å². The van der Waals surface area contributed by atoms with Gasteiger partial charge >= 0.3 is 0 Å². The number of nitrogens with two attached hydrogens (primary N) is 1. The highest BCUT2D eigenvalue weighted by Crippen LogP contribution is 2.03. The molecule has 72 valence electrons. The van der Waals surface area contributed by atoms with E-state index in [0.717, 1.165) is 6.54 Å². The molecular weight excluding hydrogens is 150 g/mol. The molecule has 12 heavy (non-hydrogen) atoms. The van der Waals surface area contributed by atoms with Crippen molar-refractivity contribution in [1.82, 2.24) is 0 Å². The van der Waals surface area contributed by atoms with E-state index in [1.165, 1.54) is 44.5 Å². The first-order valence-corrected chi connectivity index (χ1v) is 4.67. The van der Waals surface area contributed by atoms with Gasteiger partial charge in [-0.25, -0.2) is 4.79 Å². The first-order valence-electron chi connectivity index (χ1n) is 4.67. The molecule has 0 aromatic rings. The zero-order chi connectivity index (χ0) is 9.66. The smallest absolute Gasteiger partial charge is 0.116 e. The van der Waals surface area contributed by atoms with Crippen molar-refractivity contribution in [1.29, 1.82) is 0 Å². The summed E-state index contributed by atoms with van der Waals surface area (Å²) >= 11 is 0. The predicted molar refractivity (Wildman–Crippen MR) is 53.8 cm³/mol. The maximum Gasteiger partial charge on any atom is 0.116 e. The molecule has 2 heteroatoms. The summed E-state index contributed by atoms with van der Waals surface area (Å²) < 4.78 is 0. The lowest BCUT2D eigenvalue weighted by atomic mass is 10.1. The summed E-state index contributed by atoms with van der Waals surface area (Å²) in [6.45, 7) is 5.79. The number of unbranched alkanes of at least 4 members (excludes halogenated alkanes) is 5. The zero-order valence-electron chi connectivity index (χ0n) is 8.14. The fourth-order valence-electron chi connectivity index (χ4n) is 0.925. The van der Waals surface area contributed by atoms with Crippen LogP contribution in [0.3, 0.4) is 0 Å². The van der Waals surface area contributed by atoms with Crippen molar-refractivity contribution in [3.8, 4) is 0 Å². The summed E-state index contributed by atoms with van der Waals surface area (Å²) in [5.41, 5.74) is 5.34. The van der Waals surface area contributed by atoms with Gasteiger partial charge in [-0.3, -0.25) is 0 Å². The van der Waals surface area contributed by atoms with Gasteiger partial charge in [0.1, 0.15) is 5.94 Å². The average molecular weight is 171 g/mol. The Morgan fingerprint density at radius 2 is 1.58 bits per heavy atom. The monoisotopic (exact) mass is 171 g/mol. The van der Waals surface area contributed by atoms with E-state index in [4.69, 9.17) is 10.5 Å². The van der Waals surface area contributed by atoms with E-state index >= 15 is 0 Å². The van der Waals surface area contributed by atoms with Gasteiger partial charge in [0.05, 0.1) is 0 Å². The van der Waals surface area contributed by atoms with Gasteiger partial charge in [-0.15, -0.1) is 0 Å². The third-order valence-electron chi connectivity index (χ3n) is 1.56. The molecule has 2 nitrogen and oxygen atoms in total. The highest BCUT2D eigenvalue weighted by atomic mass is 16.1. The molecule has 0 aromatic heterocycles. The van der Waals surface area contributed by atoms with Crippen molar-refractivity contribution in [3.63, 3.8) is 0 Å². The minimum absolute atomic E-state index is 0.867. The van der Waals surface area contributed by atoms with Crippen LogP contribution in [0.5, 0.6) is 0 Å². The molecule has 0 atom stereocenters. The Bertz CT molecular complexity index is 90.0. The number of hydrogen-bond acceptors (Lipinski definition) is 2. The van der Waals surface area contributed by atoms with E-state index in [1.807, 2.05) is 0 Å². The fraction of sp³-hybridized carbons (Fsp3) is 0.800. The summed E-state index contributed by atoms with van der Waals surface area (Å²) in [6.07, 6.45) is 8.05. The van der Waals surface area contributed by atoms with Crippen LogP contribution in [0.1, 0.15) is 45.4 Å². The number of carbonyl (C=O) groups excluding carboxylic acids is 1. The summed E-state index contributed by atoms with van der Waals surface area (Å²) in [5, 5.41) is 0. The van der Waals surface area contributed by atoms with Crippen LogP contribution in [0.15, 0.2) is 6.58 Å². The first kappa shape index (κ1) is 14.0. The van der Waals surface area contributed by atoms with Gasteiger partial charge < -0.3 is 5.73 Å². The molecule has 0 aromatic carbocycles. The van der Waals surface area contributed by atoms with Gasteiger partial charge in [-0.1, -0.05) is 39.0 Å². The Balaban J connectivity index is 0. The minimum Gasteiger partial charge on any atom is -0.330 e. The van der Waals surface area contributed by atoms with Crippen LogP contribution in [0.25, 0.3) is 0 Å². The van der Waals surface area contributed by atoms with Crippen molar-refractivity contribution in [2.75, 3.05) is 6.54 Å². The van der Waals surface area contributed by atoms with Crippen LogP contribution in [-0.4, -0.2) is 12.5 Å². The third-order valence-corrected chi connectivity index (χ3v) is 1.56. The van der Waals surface area contributed by atoms with E-state index in [0.29, 0.717) is 0 Å². The Hall–Kier alpha value is -0.590. The van der Waals surface area contributed by atoms with Crippen LogP contribution >= 0.6 is 0 Å². The molecule has 0 saturated heterocycles. The van der Waals surface area contributed by atoms with Crippen LogP contribution < -0.4 is 5.73 Å². The zero-order valence-corrected chi connectivity index (χ0v) is 8.14. The summed E-state index contributed by atoms with van der Waals surface area (Å²) in [7, 11) is 0. The average Bonchev–Trinajstić information content (AvgIpc) is 2.06. The van der Waals surface area contributed by atoms with Crippen molar-refractivity contribution in [3.05, 3.63) is 6.58 Å². The second-order valence-corrected chi connectivity index (χ2v) is 2.70. The Morgan fingerprint density at radius 3 is 2.00 bits per heavy atom. The lowest BCUT2D eigenvalue weighted by Crippen LogP contribution is -1.97. The van der Waals surface area contributed by atoms with Gasteiger partial charge in [0.2, 0.25) is 0 Å². The molecule has 0 aliphatic carbocycles. The Morgan fingerprint density at radius 1 is 1.17 bits per heavy atom. The van der Waals surface area contributed by atoms with Crippen molar-refractivity contribution in [2.45, 2.75) is 45.4 Å². The molecule has 0 bridgehead atoms. The van der Waals surface area contributed by atoms with Gasteiger partial charge in [0, 0.05) is 0 Å². The van der Waals surface area contributed by atoms with Gasteiger partial charge in [-0.05, 0) is 19.5 Å². The predicted octanol–water partition coefficient (Wildman–Crippen LogP) is 2.31. The van der Waals surface area contributed by atoms with Crippen molar-refractivity contribution in [2.24, 2.45) is 5.73 Å². The van der Waals surface area contributed by atoms with Crippen LogP contribution in [0.2, 0.25) is 0 Å². The number of rotatable bonds is 6. The second kappa shape index (κ2) is 16.8. The van der Waals surface area contributed by atoms with Gasteiger partial charge in [0.15, 0.2) is 0 Å². The Kier molecular flexibility index (Phi) is 19.5. The lowest BCUT2D eigenvalue weighted by Gasteiger charge is -1.96. The quantitative estimate of drug-likeness (QED) is 0.492. The SMILES string of the molecule is C=C=O.CCCCCCCCN. The normalized spacial score (nSPS) is 8.17. The molecular formula is C10H21NO. The molecule has 0 unspecified atom stereocenters. The van der Waals surface area contributed by atoms with E-state index < -0.39 is 0 Å².